The molecule has 2 aromatic carbocycles. The average molecular weight is 510 g/mol. The molecule has 10 heteroatoms. The van der Waals surface area contributed by atoms with Gasteiger partial charge in [0.1, 0.15) is 18.0 Å². The third kappa shape index (κ3) is 5.45. The van der Waals surface area contributed by atoms with E-state index in [1.807, 2.05) is 30.3 Å². The molecule has 0 spiro atoms. The number of carbonyl (C=O) groups is 3. The predicted octanol–water partition coefficient (Wildman–Crippen LogP) is 1.98. The van der Waals surface area contributed by atoms with Crippen LogP contribution in [0.5, 0.6) is 0 Å². The Balaban J connectivity index is 1.41. The smallest absolute Gasteiger partial charge is 0.334 e. The maximum absolute atomic E-state index is 13.7. The molecule has 3 aliphatic heterocycles. The van der Waals surface area contributed by atoms with Crippen LogP contribution in [-0.2, 0) is 27.3 Å². The Hall–Kier alpha value is -3.50. The van der Waals surface area contributed by atoms with Gasteiger partial charge in [0, 0.05) is 33.2 Å². The highest BCUT2D eigenvalue weighted by molar-refractivity contribution is 5.91. The second kappa shape index (κ2) is 10.9. The van der Waals surface area contributed by atoms with Crippen LogP contribution in [0.15, 0.2) is 54.6 Å². The third-order valence-corrected chi connectivity index (χ3v) is 7.22. The monoisotopic (exact) mass is 509 g/mol. The molecule has 0 saturated carbocycles. The Morgan fingerprint density at radius 3 is 2.54 bits per heavy atom. The number of hydrazine groups is 1. The summed E-state index contributed by atoms with van der Waals surface area (Å²) in [5.41, 5.74) is 1.70. The van der Waals surface area contributed by atoms with Crippen LogP contribution in [0, 0.1) is 5.82 Å². The van der Waals surface area contributed by atoms with Crippen LogP contribution in [0.3, 0.4) is 0 Å². The molecule has 0 bridgehead atoms. The number of nitrogens with zero attached hydrogens (tertiary/aromatic N) is 4. The number of hydrogen-bond donors (Lipinski definition) is 1. The summed E-state index contributed by atoms with van der Waals surface area (Å²) in [6.07, 6.45) is 1.48. The predicted molar refractivity (Wildman–Crippen MR) is 133 cm³/mol. The van der Waals surface area contributed by atoms with Gasteiger partial charge in [-0.25, -0.2) is 19.2 Å². The summed E-state index contributed by atoms with van der Waals surface area (Å²) >= 11 is 0. The van der Waals surface area contributed by atoms with E-state index in [-0.39, 0.29) is 49.4 Å². The number of nitrogens with one attached hydrogen (secondary N) is 1. The van der Waals surface area contributed by atoms with Crippen LogP contribution < -0.4 is 5.32 Å². The second-order valence-corrected chi connectivity index (χ2v) is 9.81. The lowest BCUT2D eigenvalue weighted by molar-refractivity contribution is -0.188. The van der Waals surface area contributed by atoms with Gasteiger partial charge in [-0.2, -0.15) is 0 Å². The molecule has 0 aromatic heterocycles. The lowest BCUT2D eigenvalue weighted by atomic mass is 9.98. The van der Waals surface area contributed by atoms with E-state index >= 15 is 0 Å². The van der Waals surface area contributed by atoms with Crippen LogP contribution in [0.1, 0.15) is 24.0 Å². The molecule has 196 valence electrons. The highest BCUT2D eigenvalue weighted by Gasteiger charge is 2.51. The summed E-state index contributed by atoms with van der Waals surface area (Å²) in [6.45, 7) is 1.48. The number of amides is 4. The number of carbonyl (C=O) groups excluding carboxylic acids is 3. The molecule has 1 N–H and O–H groups in total. The van der Waals surface area contributed by atoms with Gasteiger partial charge in [-0.15, -0.1) is 0 Å². The fourth-order valence-corrected chi connectivity index (χ4v) is 5.40. The second-order valence-electron chi connectivity index (χ2n) is 9.81. The highest BCUT2D eigenvalue weighted by atomic mass is 19.1. The maximum Gasteiger partial charge on any atom is 0.334 e. The van der Waals surface area contributed by atoms with Crippen LogP contribution in [-0.4, -0.2) is 89.3 Å². The number of hydrogen-bond acceptors (Lipinski definition) is 5. The van der Waals surface area contributed by atoms with Gasteiger partial charge in [-0.3, -0.25) is 9.59 Å². The standard InChI is InChI=1S/C27H32FN5O4/c1-30-18-25(34)32-23(14-19-6-3-2-4-7-19)26(35)31(16-22-8-5-13-37-22)17-24(32)33(30)27(36)29-15-20-9-11-21(28)12-10-20/h2-4,6-7,9-12,22-24H,5,8,13-18H2,1H3,(H,29,36)/t22?,23-,24-/m0/s1. The number of ether oxygens (including phenoxy) is 1. The molecular weight excluding hydrogens is 477 g/mol. The van der Waals surface area contributed by atoms with E-state index in [1.165, 1.54) is 17.1 Å². The minimum absolute atomic E-state index is 0.0230. The molecule has 3 aliphatic rings. The van der Waals surface area contributed by atoms with Gasteiger partial charge < -0.3 is 19.9 Å². The Morgan fingerprint density at radius 1 is 1.08 bits per heavy atom. The van der Waals surface area contributed by atoms with E-state index in [4.69, 9.17) is 4.74 Å². The first-order chi connectivity index (χ1) is 17.9. The van der Waals surface area contributed by atoms with Gasteiger partial charge in [0.05, 0.1) is 19.2 Å². The Kier molecular flexibility index (Phi) is 7.38. The number of urea groups is 1. The van der Waals surface area contributed by atoms with Crippen LogP contribution in [0.25, 0.3) is 0 Å². The Bertz CT molecular complexity index is 1130. The minimum atomic E-state index is -0.726. The van der Waals surface area contributed by atoms with Crippen molar-refractivity contribution in [3.05, 3.63) is 71.5 Å². The van der Waals surface area contributed by atoms with E-state index in [2.05, 4.69) is 5.32 Å². The average Bonchev–Trinajstić information content (AvgIpc) is 3.40. The van der Waals surface area contributed by atoms with Gasteiger partial charge in [0.25, 0.3) is 0 Å². The molecule has 3 heterocycles. The molecule has 3 atom stereocenters. The normalized spacial score (nSPS) is 24.4. The summed E-state index contributed by atoms with van der Waals surface area (Å²) in [7, 11) is 1.69. The first-order valence-electron chi connectivity index (χ1n) is 12.7. The van der Waals surface area contributed by atoms with Gasteiger partial charge in [-0.1, -0.05) is 42.5 Å². The first-order valence-corrected chi connectivity index (χ1v) is 12.7. The molecular formula is C27H32FN5O4. The highest BCUT2D eigenvalue weighted by Crippen LogP contribution is 2.28. The van der Waals surface area contributed by atoms with Crippen molar-refractivity contribution in [2.45, 2.75) is 44.1 Å². The van der Waals surface area contributed by atoms with Crippen molar-refractivity contribution in [1.82, 2.24) is 25.1 Å². The number of likely N-dealkylation sites (N-methyl/N-ethyl adjacent to an activating group) is 1. The molecule has 5 rings (SSSR count). The lowest BCUT2D eigenvalue weighted by Gasteiger charge is -2.54. The lowest BCUT2D eigenvalue weighted by Crippen LogP contribution is -2.76. The molecule has 0 radical (unpaired) electrons. The zero-order valence-electron chi connectivity index (χ0n) is 20.9. The van der Waals surface area contributed by atoms with Gasteiger partial charge >= 0.3 is 6.03 Å². The molecule has 4 amide bonds. The topological polar surface area (TPSA) is 85.4 Å². The fraction of sp³-hybridized carbons (Fsp3) is 0.444. The summed E-state index contributed by atoms with van der Waals surface area (Å²) in [4.78, 5) is 43.8. The summed E-state index contributed by atoms with van der Waals surface area (Å²) in [6, 6.07) is 14.4. The van der Waals surface area contributed by atoms with E-state index < -0.39 is 12.2 Å². The minimum Gasteiger partial charge on any atom is -0.376 e. The van der Waals surface area contributed by atoms with Crippen LogP contribution >= 0.6 is 0 Å². The molecule has 3 saturated heterocycles. The van der Waals surface area contributed by atoms with Gasteiger partial charge in [0.2, 0.25) is 11.8 Å². The van der Waals surface area contributed by atoms with Gasteiger partial charge in [-0.05, 0) is 36.1 Å². The molecule has 9 nitrogen and oxygen atoms in total. The number of benzene rings is 2. The Morgan fingerprint density at radius 2 is 1.84 bits per heavy atom. The van der Waals surface area contributed by atoms with E-state index in [0.29, 0.717) is 19.6 Å². The van der Waals surface area contributed by atoms with E-state index in [1.54, 1.807) is 34.0 Å². The van der Waals surface area contributed by atoms with E-state index in [9.17, 15) is 18.8 Å². The quantitative estimate of drug-likeness (QED) is 0.644. The van der Waals surface area contributed by atoms with Crippen molar-refractivity contribution in [2.24, 2.45) is 0 Å². The van der Waals surface area contributed by atoms with Crippen molar-refractivity contribution in [3.8, 4) is 0 Å². The van der Waals surface area contributed by atoms with Gasteiger partial charge in [0.15, 0.2) is 0 Å². The molecule has 1 unspecified atom stereocenters. The molecule has 3 fully saturated rings. The zero-order valence-corrected chi connectivity index (χ0v) is 20.9. The summed E-state index contributed by atoms with van der Waals surface area (Å²) in [5, 5.41) is 6.01. The Labute approximate surface area is 215 Å². The first kappa shape index (κ1) is 25.2. The summed E-state index contributed by atoms with van der Waals surface area (Å²) in [5.74, 6) is -0.663. The van der Waals surface area contributed by atoms with Crippen LogP contribution in [0.4, 0.5) is 9.18 Å². The summed E-state index contributed by atoms with van der Waals surface area (Å²) < 4.78 is 19.1. The third-order valence-electron chi connectivity index (χ3n) is 7.22. The SMILES string of the molecule is CN1CC(=O)N2[C@@H](Cc3ccccc3)C(=O)N(CC3CCCO3)C[C@@H]2N1C(=O)NCc1ccc(F)cc1. The van der Waals surface area contributed by atoms with Crippen LogP contribution in [0.2, 0.25) is 0 Å². The number of fused-ring (bicyclic) bond motifs is 1. The maximum atomic E-state index is 13.7. The number of piperazine rings is 1. The van der Waals surface area contributed by atoms with Crippen molar-refractivity contribution in [3.63, 3.8) is 0 Å². The zero-order chi connectivity index (χ0) is 25.9. The fourth-order valence-electron chi connectivity index (χ4n) is 5.40. The number of halogens is 1. The molecule has 37 heavy (non-hydrogen) atoms. The molecule has 2 aromatic rings. The molecule has 0 aliphatic carbocycles. The van der Waals surface area contributed by atoms with Crippen molar-refractivity contribution in [1.29, 1.82) is 0 Å². The van der Waals surface area contributed by atoms with Crippen molar-refractivity contribution < 1.29 is 23.5 Å². The van der Waals surface area contributed by atoms with Crippen molar-refractivity contribution >= 4 is 17.8 Å². The van der Waals surface area contributed by atoms with E-state index in [0.717, 1.165) is 24.0 Å². The number of rotatable bonds is 6. The van der Waals surface area contributed by atoms with Crippen molar-refractivity contribution in [2.75, 3.05) is 33.3 Å². The largest absolute Gasteiger partial charge is 0.376 e.